The van der Waals surface area contributed by atoms with Crippen LogP contribution in [0.5, 0.6) is 11.5 Å². The molecule has 0 spiro atoms. The van der Waals surface area contributed by atoms with Crippen LogP contribution in [0.25, 0.3) is 0 Å². The van der Waals surface area contributed by atoms with E-state index in [9.17, 15) is 27.1 Å². The normalized spacial score (nSPS) is 12.2. The Morgan fingerprint density at radius 1 is 1.03 bits per heavy atom. The minimum absolute atomic E-state index is 0.0956. The summed E-state index contributed by atoms with van der Waals surface area (Å²) in [7, 11) is -1.81. The van der Waals surface area contributed by atoms with Crippen molar-refractivity contribution in [2.45, 2.75) is 24.3 Å². The van der Waals surface area contributed by atoms with Crippen LogP contribution >= 0.6 is 11.6 Å². The zero-order valence-corrected chi connectivity index (χ0v) is 20.5. The van der Waals surface area contributed by atoms with E-state index in [-0.39, 0.29) is 44.7 Å². The van der Waals surface area contributed by atoms with Gasteiger partial charge in [0.05, 0.1) is 24.8 Å². The van der Waals surface area contributed by atoms with E-state index in [0.29, 0.717) is 4.31 Å². The zero-order valence-electron chi connectivity index (χ0n) is 19.0. The molecule has 3 aromatic carbocycles. The van der Waals surface area contributed by atoms with Crippen LogP contribution in [0.3, 0.4) is 0 Å². The van der Waals surface area contributed by atoms with Crippen LogP contribution < -0.4 is 13.8 Å². The molecule has 0 bridgehead atoms. The first kappa shape index (κ1) is 26.2. The maximum atomic E-state index is 14.4. The molecule has 0 aromatic heterocycles. The summed E-state index contributed by atoms with van der Waals surface area (Å²) in [6, 6.07) is 9.57. The Morgan fingerprint density at radius 3 is 2.23 bits per heavy atom. The first-order chi connectivity index (χ1) is 16.5. The second kappa shape index (κ2) is 10.5. The number of benzene rings is 3. The molecule has 0 heterocycles. The standard InChI is InChI=1S/C24H22ClF2NO6S/c1-14(24(29)30)28(35(31,32)17-8-10-22(33-2)23(13-17)34-3)21-9-7-16(25)11-15(21)12-18-19(26)5-4-6-20(18)27/h4-11,13-14H,12H2,1-3H3,(H,29,30)/t14-/m0/s1. The van der Waals surface area contributed by atoms with Crippen LogP contribution in [-0.4, -0.2) is 39.8 Å². The van der Waals surface area contributed by atoms with Crippen molar-refractivity contribution in [3.63, 3.8) is 0 Å². The van der Waals surface area contributed by atoms with E-state index in [1.165, 1.54) is 63.6 Å². The molecule has 0 amide bonds. The fourth-order valence-electron chi connectivity index (χ4n) is 3.54. The number of ether oxygens (including phenoxy) is 2. The van der Waals surface area contributed by atoms with Gasteiger partial charge in [0.25, 0.3) is 10.0 Å². The van der Waals surface area contributed by atoms with Gasteiger partial charge in [0.2, 0.25) is 0 Å². The number of halogens is 3. The van der Waals surface area contributed by atoms with Gasteiger partial charge in [-0.25, -0.2) is 22.0 Å². The van der Waals surface area contributed by atoms with Crippen molar-refractivity contribution in [2.24, 2.45) is 0 Å². The number of hydrogen-bond donors (Lipinski definition) is 1. The molecule has 0 unspecified atom stereocenters. The molecule has 7 nitrogen and oxygen atoms in total. The highest BCUT2D eigenvalue weighted by Gasteiger charge is 2.35. The van der Waals surface area contributed by atoms with Gasteiger partial charge in [-0.05, 0) is 55.0 Å². The Balaban J connectivity index is 2.24. The second-order valence-electron chi connectivity index (χ2n) is 7.48. The molecule has 35 heavy (non-hydrogen) atoms. The average Bonchev–Trinajstić information content (AvgIpc) is 2.82. The van der Waals surface area contributed by atoms with Crippen molar-refractivity contribution < 1.29 is 36.6 Å². The lowest BCUT2D eigenvalue weighted by molar-refractivity contribution is -0.137. The average molecular weight is 526 g/mol. The van der Waals surface area contributed by atoms with E-state index < -0.39 is 33.7 Å². The summed E-state index contributed by atoms with van der Waals surface area (Å²) in [6.45, 7) is 1.18. The summed E-state index contributed by atoms with van der Waals surface area (Å²) in [5, 5.41) is 9.91. The van der Waals surface area contributed by atoms with Gasteiger partial charge in [0.15, 0.2) is 11.5 Å². The topological polar surface area (TPSA) is 93.1 Å². The summed E-state index contributed by atoms with van der Waals surface area (Å²) in [5.74, 6) is -2.73. The Morgan fingerprint density at radius 2 is 1.66 bits per heavy atom. The third-order valence-corrected chi connectivity index (χ3v) is 7.44. The summed E-state index contributed by atoms with van der Waals surface area (Å²) in [4.78, 5) is 11.7. The molecular formula is C24H22ClF2NO6S. The fraction of sp³-hybridized carbons (Fsp3) is 0.208. The maximum absolute atomic E-state index is 14.4. The van der Waals surface area contributed by atoms with Crippen LogP contribution in [0, 0.1) is 11.6 Å². The van der Waals surface area contributed by atoms with Gasteiger partial charge >= 0.3 is 5.97 Å². The van der Waals surface area contributed by atoms with Crippen LogP contribution in [0.15, 0.2) is 59.5 Å². The number of carbonyl (C=O) groups is 1. The molecule has 186 valence electrons. The predicted octanol–water partition coefficient (Wildman–Crippen LogP) is 4.89. The molecule has 1 N–H and O–H groups in total. The minimum Gasteiger partial charge on any atom is -0.493 e. The number of sulfonamides is 1. The van der Waals surface area contributed by atoms with Crippen LogP contribution in [0.2, 0.25) is 5.02 Å². The molecule has 0 aliphatic carbocycles. The van der Waals surface area contributed by atoms with E-state index in [1.807, 2.05) is 0 Å². The lowest BCUT2D eigenvalue weighted by Gasteiger charge is -2.30. The lowest BCUT2D eigenvalue weighted by Crippen LogP contribution is -2.44. The number of nitrogens with zero attached hydrogens (tertiary/aromatic N) is 1. The SMILES string of the molecule is COc1ccc(S(=O)(=O)N(c2ccc(Cl)cc2Cc2c(F)cccc2F)[C@@H](C)C(=O)O)cc1OC. The van der Waals surface area contributed by atoms with Crippen molar-refractivity contribution in [3.8, 4) is 11.5 Å². The first-order valence-corrected chi connectivity index (χ1v) is 12.0. The molecule has 0 radical (unpaired) electrons. The second-order valence-corrected chi connectivity index (χ2v) is 9.73. The number of rotatable bonds is 9. The Labute approximate surface area is 206 Å². The van der Waals surface area contributed by atoms with Crippen LogP contribution in [0.4, 0.5) is 14.5 Å². The van der Waals surface area contributed by atoms with Gasteiger partial charge in [-0.1, -0.05) is 17.7 Å². The quantitative estimate of drug-likeness (QED) is 0.427. The van der Waals surface area contributed by atoms with Crippen molar-refractivity contribution in [2.75, 3.05) is 18.5 Å². The molecule has 3 aromatic rings. The summed E-state index contributed by atoms with van der Waals surface area (Å²) < 4.78 is 67.3. The Kier molecular flexibility index (Phi) is 7.86. The molecule has 0 aliphatic rings. The van der Waals surface area contributed by atoms with Crippen molar-refractivity contribution in [1.29, 1.82) is 0 Å². The van der Waals surface area contributed by atoms with E-state index >= 15 is 0 Å². The van der Waals surface area contributed by atoms with E-state index in [4.69, 9.17) is 21.1 Å². The predicted molar refractivity (Wildman–Crippen MR) is 127 cm³/mol. The Bertz CT molecular complexity index is 1350. The summed E-state index contributed by atoms with van der Waals surface area (Å²) >= 11 is 6.11. The molecule has 11 heteroatoms. The number of carboxylic acids is 1. The van der Waals surface area contributed by atoms with Crippen LogP contribution in [-0.2, 0) is 21.2 Å². The highest BCUT2D eigenvalue weighted by atomic mass is 35.5. The van der Waals surface area contributed by atoms with Crippen molar-refractivity contribution in [1.82, 2.24) is 0 Å². The monoisotopic (exact) mass is 525 g/mol. The molecular weight excluding hydrogens is 504 g/mol. The van der Waals surface area contributed by atoms with Gasteiger partial charge < -0.3 is 14.6 Å². The Hall–Kier alpha value is -3.37. The number of aliphatic carboxylic acids is 1. The number of hydrogen-bond acceptors (Lipinski definition) is 5. The van der Waals surface area contributed by atoms with Gasteiger partial charge in [-0.2, -0.15) is 0 Å². The van der Waals surface area contributed by atoms with Crippen LogP contribution in [0.1, 0.15) is 18.1 Å². The molecule has 0 aliphatic heterocycles. The third kappa shape index (κ3) is 5.33. The van der Waals surface area contributed by atoms with Gasteiger partial charge in [0, 0.05) is 23.1 Å². The molecule has 0 fully saturated rings. The van der Waals surface area contributed by atoms with Gasteiger partial charge in [-0.15, -0.1) is 0 Å². The molecule has 1 atom stereocenters. The fourth-order valence-corrected chi connectivity index (χ4v) is 5.40. The number of carboxylic acid groups (broad SMARTS) is 1. The largest absolute Gasteiger partial charge is 0.493 e. The number of anilines is 1. The zero-order chi connectivity index (χ0) is 25.9. The van der Waals surface area contributed by atoms with E-state index in [1.54, 1.807) is 0 Å². The van der Waals surface area contributed by atoms with E-state index in [2.05, 4.69) is 0 Å². The molecule has 0 saturated heterocycles. The summed E-state index contributed by atoms with van der Waals surface area (Å²) in [6.07, 6.45) is -0.376. The van der Waals surface area contributed by atoms with Crippen molar-refractivity contribution in [3.05, 3.63) is 82.4 Å². The van der Waals surface area contributed by atoms with E-state index in [0.717, 1.165) is 12.1 Å². The highest BCUT2D eigenvalue weighted by Crippen LogP contribution is 2.36. The lowest BCUT2D eigenvalue weighted by atomic mass is 10.0. The molecule has 0 saturated carbocycles. The third-order valence-electron chi connectivity index (χ3n) is 5.33. The summed E-state index contributed by atoms with van der Waals surface area (Å²) in [5.41, 5.74) is -0.303. The highest BCUT2D eigenvalue weighted by molar-refractivity contribution is 7.93. The molecule has 3 rings (SSSR count). The first-order valence-electron chi connectivity index (χ1n) is 10.2. The van der Waals surface area contributed by atoms with Gasteiger partial charge in [0.1, 0.15) is 17.7 Å². The van der Waals surface area contributed by atoms with Gasteiger partial charge in [-0.3, -0.25) is 4.31 Å². The smallest absolute Gasteiger partial charge is 0.327 e. The maximum Gasteiger partial charge on any atom is 0.327 e. The van der Waals surface area contributed by atoms with Crippen molar-refractivity contribution >= 4 is 33.3 Å². The minimum atomic E-state index is -4.52. The number of methoxy groups -OCH3 is 2.